The summed E-state index contributed by atoms with van der Waals surface area (Å²) in [5, 5.41) is 6.44. The Kier molecular flexibility index (Phi) is 6.71. The quantitative estimate of drug-likeness (QED) is 0.730. The second-order valence-corrected chi connectivity index (χ2v) is 7.75. The van der Waals surface area contributed by atoms with Crippen LogP contribution < -0.4 is 15.5 Å². The second kappa shape index (κ2) is 9.24. The molecular weight excluding hydrogens is 408 g/mol. The van der Waals surface area contributed by atoms with Crippen molar-refractivity contribution in [3.8, 4) is 0 Å². The SMILES string of the molecule is CC(=O)N1CCN(c2ccc(NC(=S)NC(=O)c3ccc(C)cc3)cc2Cl)CC1. The van der Waals surface area contributed by atoms with E-state index in [1.807, 2.05) is 36.1 Å². The number of hydrogen-bond donors (Lipinski definition) is 2. The Morgan fingerprint density at radius 1 is 1.03 bits per heavy atom. The average Bonchev–Trinajstić information content (AvgIpc) is 2.68. The van der Waals surface area contributed by atoms with Gasteiger partial charge in [0.15, 0.2) is 5.11 Å². The molecule has 29 heavy (non-hydrogen) atoms. The molecule has 152 valence electrons. The molecule has 6 nitrogen and oxygen atoms in total. The Balaban J connectivity index is 1.58. The van der Waals surface area contributed by atoms with Gasteiger partial charge in [-0.3, -0.25) is 14.9 Å². The van der Waals surface area contributed by atoms with Crippen LogP contribution in [0.25, 0.3) is 0 Å². The predicted molar refractivity (Wildman–Crippen MR) is 121 cm³/mol. The molecule has 0 unspecified atom stereocenters. The van der Waals surface area contributed by atoms with Crippen LogP contribution in [0.15, 0.2) is 42.5 Å². The Morgan fingerprint density at radius 2 is 1.69 bits per heavy atom. The fourth-order valence-corrected chi connectivity index (χ4v) is 3.66. The van der Waals surface area contributed by atoms with Crippen LogP contribution in [0, 0.1) is 6.92 Å². The average molecular weight is 431 g/mol. The van der Waals surface area contributed by atoms with Crippen LogP contribution in [0.2, 0.25) is 5.02 Å². The summed E-state index contributed by atoms with van der Waals surface area (Å²) in [6.45, 7) is 6.38. The highest BCUT2D eigenvalue weighted by molar-refractivity contribution is 7.80. The zero-order valence-corrected chi connectivity index (χ0v) is 17.9. The lowest BCUT2D eigenvalue weighted by atomic mass is 10.1. The summed E-state index contributed by atoms with van der Waals surface area (Å²) in [5.41, 5.74) is 3.22. The first-order valence-electron chi connectivity index (χ1n) is 9.32. The van der Waals surface area contributed by atoms with E-state index in [2.05, 4.69) is 15.5 Å². The highest BCUT2D eigenvalue weighted by Gasteiger charge is 2.20. The zero-order chi connectivity index (χ0) is 21.0. The van der Waals surface area contributed by atoms with E-state index in [0.717, 1.165) is 24.3 Å². The standard InChI is InChI=1S/C21H23ClN4O2S/c1-14-3-5-16(6-4-14)20(28)24-21(29)23-17-7-8-19(18(22)13-17)26-11-9-25(10-12-26)15(2)27/h3-8,13H,9-12H2,1-2H3,(H2,23,24,28,29). The normalized spacial score (nSPS) is 13.8. The van der Waals surface area contributed by atoms with E-state index in [1.54, 1.807) is 25.1 Å². The van der Waals surface area contributed by atoms with Gasteiger partial charge >= 0.3 is 0 Å². The van der Waals surface area contributed by atoms with Gasteiger partial charge in [-0.25, -0.2) is 0 Å². The highest BCUT2D eigenvalue weighted by Crippen LogP contribution is 2.29. The van der Waals surface area contributed by atoms with E-state index in [-0.39, 0.29) is 16.9 Å². The number of rotatable bonds is 3. The van der Waals surface area contributed by atoms with E-state index in [4.69, 9.17) is 23.8 Å². The lowest BCUT2D eigenvalue weighted by Gasteiger charge is -2.36. The monoisotopic (exact) mass is 430 g/mol. The maximum absolute atomic E-state index is 12.3. The fourth-order valence-electron chi connectivity index (χ4n) is 3.15. The summed E-state index contributed by atoms with van der Waals surface area (Å²) in [7, 11) is 0. The van der Waals surface area contributed by atoms with Crippen LogP contribution in [-0.4, -0.2) is 48.0 Å². The summed E-state index contributed by atoms with van der Waals surface area (Å²) < 4.78 is 0. The summed E-state index contributed by atoms with van der Waals surface area (Å²) in [4.78, 5) is 27.7. The van der Waals surface area contributed by atoms with E-state index in [0.29, 0.717) is 29.4 Å². The lowest BCUT2D eigenvalue weighted by molar-refractivity contribution is -0.129. The topological polar surface area (TPSA) is 64.7 Å². The van der Waals surface area contributed by atoms with E-state index in [9.17, 15) is 9.59 Å². The minimum absolute atomic E-state index is 0.0940. The maximum atomic E-state index is 12.3. The molecule has 2 aromatic rings. The van der Waals surface area contributed by atoms with Crippen molar-refractivity contribution in [2.24, 2.45) is 0 Å². The van der Waals surface area contributed by atoms with Gasteiger partial charge in [-0.2, -0.15) is 0 Å². The number of halogens is 1. The third kappa shape index (κ3) is 5.46. The molecule has 1 heterocycles. The molecule has 8 heteroatoms. The van der Waals surface area contributed by atoms with Crippen molar-refractivity contribution in [1.29, 1.82) is 0 Å². The first-order chi connectivity index (χ1) is 13.8. The number of aryl methyl sites for hydroxylation is 1. The van der Waals surface area contributed by atoms with E-state index in [1.165, 1.54) is 0 Å². The minimum Gasteiger partial charge on any atom is -0.367 e. The number of anilines is 2. The molecule has 2 amide bonds. The van der Waals surface area contributed by atoms with Gasteiger partial charge in [0.1, 0.15) is 0 Å². The Hall–Kier alpha value is -2.64. The Morgan fingerprint density at radius 3 is 2.28 bits per heavy atom. The van der Waals surface area contributed by atoms with Crippen molar-refractivity contribution < 1.29 is 9.59 Å². The highest BCUT2D eigenvalue weighted by atomic mass is 35.5. The van der Waals surface area contributed by atoms with Gasteiger partial charge in [0.2, 0.25) is 5.91 Å². The number of benzene rings is 2. The van der Waals surface area contributed by atoms with Crippen LogP contribution in [0.5, 0.6) is 0 Å². The molecule has 0 spiro atoms. The number of thiocarbonyl (C=S) groups is 1. The molecule has 0 saturated carbocycles. The van der Waals surface area contributed by atoms with Crippen LogP contribution in [-0.2, 0) is 4.79 Å². The Bertz CT molecular complexity index is 925. The van der Waals surface area contributed by atoms with E-state index < -0.39 is 0 Å². The van der Waals surface area contributed by atoms with Crippen molar-refractivity contribution in [3.63, 3.8) is 0 Å². The summed E-state index contributed by atoms with van der Waals surface area (Å²) >= 11 is 11.7. The first-order valence-corrected chi connectivity index (χ1v) is 10.1. The van der Waals surface area contributed by atoms with Gasteiger partial charge in [0.05, 0.1) is 10.7 Å². The second-order valence-electron chi connectivity index (χ2n) is 6.93. The molecule has 1 aliphatic rings. The molecule has 0 bridgehead atoms. The van der Waals surface area contributed by atoms with E-state index >= 15 is 0 Å². The van der Waals surface area contributed by atoms with Gasteiger partial charge in [-0.15, -0.1) is 0 Å². The molecule has 0 aromatic heterocycles. The van der Waals surface area contributed by atoms with Crippen LogP contribution in [0.1, 0.15) is 22.8 Å². The van der Waals surface area contributed by atoms with Crippen molar-refractivity contribution in [3.05, 3.63) is 58.6 Å². The summed E-state index contributed by atoms with van der Waals surface area (Å²) in [6, 6.07) is 12.8. The number of nitrogens with one attached hydrogen (secondary N) is 2. The molecule has 1 aliphatic heterocycles. The van der Waals surface area contributed by atoms with Crippen molar-refractivity contribution in [2.45, 2.75) is 13.8 Å². The third-order valence-corrected chi connectivity index (χ3v) is 5.32. The van der Waals surface area contributed by atoms with Crippen LogP contribution in [0.3, 0.4) is 0 Å². The predicted octanol–water partition coefficient (Wildman–Crippen LogP) is 3.44. The molecular formula is C21H23ClN4O2S. The summed E-state index contributed by atoms with van der Waals surface area (Å²) in [5.74, 6) is -0.176. The number of piperazine rings is 1. The number of amides is 2. The minimum atomic E-state index is -0.270. The van der Waals surface area contributed by atoms with Gasteiger partial charge in [0, 0.05) is 44.4 Å². The van der Waals surface area contributed by atoms with Crippen molar-refractivity contribution >= 4 is 52.1 Å². The Labute approximate surface area is 180 Å². The van der Waals surface area contributed by atoms with Crippen molar-refractivity contribution in [1.82, 2.24) is 10.2 Å². The molecule has 0 aliphatic carbocycles. The van der Waals surface area contributed by atoms with Crippen LogP contribution in [0.4, 0.5) is 11.4 Å². The first kappa shape index (κ1) is 21.1. The zero-order valence-electron chi connectivity index (χ0n) is 16.4. The molecule has 2 aromatic carbocycles. The number of carbonyl (C=O) groups is 2. The number of carbonyl (C=O) groups excluding carboxylic acids is 2. The smallest absolute Gasteiger partial charge is 0.257 e. The van der Waals surface area contributed by atoms with Gasteiger partial charge in [-0.05, 0) is 49.5 Å². The molecule has 2 N–H and O–H groups in total. The third-order valence-electron chi connectivity index (χ3n) is 4.81. The largest absolute Gasteiger partial charge is 0.367 e. The van der Waals surface area contributed by atoms with Gasteiger partial charge in [-0.1, -0.05) is 29.3 Å². The lowest BCUT2D eigenvalue weighted by Crippen LogP contribution is -2.48. The summed E-state index contributed by atoms with van der Waals surface area (Å²) in [6.07, 6.45) is 0. The maximum Gasteiger partial charge on any atom is 0.257 e. The van der Waals surface area contributed by atoms with Gasteiger partial charge < -0.3 is 15.1 Å². The number of hydrogen-bond acceptors (Lipinski definition) is 4. The van der Waals surface area contributed by atoms with Gasteiger partial charge in [0.25, 0.3) is 5.91 Å². The fraction of sp³-hybridized carbons (Fsp3) is 0.286. The molecule has 0 radical (unpaired) electrons. The van der Waals surface area contributed by atoms with Crippen LogP contribution >= 0.6 is 23.8 Å². The number of nitrogens with zero attached hydrogens (tertiary/aromatic N) is 2. The molecule has 3 rings (SSSR count). The molecule has 1 fully saturated rings. The molecule has 0 atom stereocenters. The van der Waals surface area contributed by atoms with Crippen molar-refractivity contribution in [2.75, 3.05) is 36.4 Å². The molecule has 1 saturated heterocycles.